The van der Waals surface area contributed by atoms with Crippen molar-refractivity contribution in [2.45, 2.75) is 26.2 Å². The number of nitrogens with zero attached hydrogens (tertiary/aromatic N) is 2. The second-order valence-electron chi connectivity index (χ2n) is 5.93. The first-order valence-electron chi connectivity index (χ1n) is 8.04. The van der Waals surface area contributed by atoms with Crippen LogP contribution in [0.1, 0.15) is 42.1 Å². The van der Waals surface area contributed by atoms with Crippen molar-refractivity contribution in [1.29, 1.82) is 0 Å². The molecule has 1 aromatic heterocycles. The van der Waals surface area contributed by atoms with Gasteiger partial charge in [-0.1, -0.05) is 42.9 Å². The monoisotopic (exact) mass is 389 g/mol. The first kappa shape index (κ1) is 18.3. The number of nitrogens with one attached hydrogen (secondary N) is 1. The van der Waals surface area contributed by atoms with Crippen LogP contribution in [0.4, 0.5) is 10.8 Å². The maximum Gasteiger partial charge on any atom is 0.270 e. The Morgan fingerprint density at radius 1 is 1.35 bits per heavy atom. The lowest BCUT2D eigenvalue weighted by molar-refractivity contribution is -0.384. The summed E-state index contributed by atoms with van der Waals surface area (Å²) in [5.41, 5.74) is 2.05. The second-order valence-corrected chi connectivity index (χ2v) is 7.37. The molecule has 3 rings (SSSR count). The summed E-state index contributed by atoms with van der Waals surface area (Å²) < 4.78 is 0.993. The zero-order valence-electron chi connectivity index (χ0n) is 14.2. The van der Waals surface area contributed by atoms with Crippen molar-refractivity contribution < 1.29 is 9.72 Å². The fraction of sp³-hybridized carbons (Fsp3) is 0.222. The highest BCUT2D eigenvalue weighted by molar-refractivity contribution is 7.22. The van der Waals surface area contributed by atoms with E-state index in [1.807, 2.05) is 6.07 Å². The van der Waals surface area contributed by atoms with Crippen LogP contribution < -0.4 is 5.32 Å². The fourth-order valence-electron chi connectivity index (χ4n) is 2.50. The second kappa shape index (κ2) is 7.39. The largest absolute Gasteiger partial charge is 0.298 e. The van der Waals surface area contributed by atoms with Crippen LogP contribution in [-0.2, 0) is 0 Å². The quantitative estimate of drug-likeness (QED) is 0.453. The predicted octanol–water partition coefficient (Wildman–Crippen LogP) is 5.62. The van der Waals surface area contributed by atoms with Crippen molar-refractivity contribution in [3.05, 3.63) is 62.7 Å². The normalized spacial score (nSPS) is 12.1. The molecule has 0 radical (unpaired) electrons. The van der Waals surface area contributed by atoms with Gasteiger partial charge in [0.25, 0.3) is 11.6 Å². The molecule has 0 aliphatic heterocycles. The molecule has 2 aromatic carbocycles. The first-order valence-corrected chi connectivity index (χ1v) is 9.24. The van der Waals surface area contributed by atoms with Gasteiger partial charge in [0.05, 0.1) is 25.7 Å². The molecule has 1 amide bonds. The minimum atomic E-state index is -0.560. The molecule has 0 saturated carbocycles. The third kappa shape index (κ3) is 3.68. The average Bonchev–Trinajstić information content (AvgIpc) is 3.01. The Bertz CT molecular complexity index is 1000. The molecule has 1 heterocycles. The highest BCUT2D eigenvalue weighted by Gasteiger charge is 2.17. The SMILES string of the molecule is CCC(C)c1ccc2nc(NC(=O)c3ccc([N+](=O)[O-])cc3Cl)sc2c1. The van der Waals surface area contributed by atoms with Crippen LogP contribution in [0.25, 0.3) is 10.2 Å². The molecule has 134 valence electrons. The number of fused-ring (bicyclic) bond motifs is 1. The van der Waals surface area contributed by atoms with Crippen molar-refractivity contribution in [1.82, 2.24) is 4.98 Å². The Hall–Kier alpha value is -2.51. The summed E-state index contributed by atoms with van der Waals surface area (Å²) in [5.74, 6) is 0.00422. The van der Waals surface area contributed by atoms with Crippen molar-refractivity contribution in [3.63, 3.8) is 0 Å². The molecule has 1 N–H and O–H groups in total. The Balaban J connectivity index is 1.84. The van der Waals surface area contributed by atoms with Crippen molar-refractivity contribution in [2.24, 2.45) is 0 Å². The number of carbonyl (C=O) groups excluding carboxylic acids is 1. The Labute approximate surface area is 159 Å². The minimum Gasteiger partial charge on any atom is -0.298 e. The number of nitro groups is 1. The molecule has 0 aliphatic rings. The molecule has 1 unspecified atom stereocenters. The maximum atomic E-state index is 12.4. The Morgan fingerprint density at radius 3 is 2.77 bits per heavy atom. The third-order valence-corrected chi connectivity index (χ3v) is 5.47. The Morgan fingerprint density at radius 2 is 2.12 bits per heavy atom. The maximum absolute atomic E-state index is 12.4. The molecular formula is C18H16ClN3O3S. The van der Waals surface area contributed by atoms with E-state index in [0.29, 0.717) is 11.0 Å². The molecule has 0 spiro atoms. The molecular weight excluding hydrogens is 374 g/mol. The average molecular weight is 390 g/mol. The molecule has 6 nitrogen and oxygen atoms in total. The van der Waals surface area contributed by atoms with Gasteiger partial charge in [0, 0.05) is 12.1 Å². The zero-order chi connectivity index (χ0) is 18.8. The van der Waals surface area contributed by atoms with Crippen LogP contribution in [0.3, 0.4) is 0 Å². The van der Waals surface area contributed by atoms with Crippen LogP contribution in [0.5, 0.6) is 0 Å². The number of benzene rings is 2. The summed E-state index contributed by atoms with van der Waals surface area (Å²) in [6, 6.07) is 9.83. The lowest BCUT2D eigenvalue weighted by Gasteiger charge is -2.07. The molecule has 1 atom stereocenters. The highest BCUT2D eigenvalue weighted by Crippen LogP contribution is 2.31. The summed E-state index contributed by atoms with van der Waals surface area (Å²) in [4.78, 5) is 27.0. The molecule has 0 fully saturated rings. The van der Waals surface area contributed by atoms with Gasteiger partial charge in [-0.05, 0) is 36.1 Å². The number of nitro benzene ring substituents is 1. The van der Waals surface area contributed by atoms with Crippen LogP contribution in [0.2, 0.25) is 5.02 Å². The van der Waals surface area contributed by atoms with E-state index in [1.165, 1.54) is 29.0 Å². The van der Waals surface area contributed by atoms with E-state index < -0.39 is 10.8 Å². The number of non-ortho nitro benzene ring substituents is 1. The lowest BCUT2D eigenvalue weighted by atomic mass is 9.99. The topological polar surface area (TPSA) is 85.1 Å². The van der Waals surface area contributed by atoms with E-state index in [4.69, 9.17) is 11.6 Å². The first-order chi connectivity index (χ1) is 12.4. The summed E-state index contributed by atoms with van der Waals surface area (Å²) in [7, 11) is 0. The number of aromatic nitrogens is 1. The summed E-state index contributed by atoms with van der Waals surface area (Å²) >= 11 is 7.38. The number of halogens is 1. The minimum absolute atomic E-state index is 0.0249. The molecule has 3 aromatic rings. The lowest BCUT2D eigenvalue weighted by Crippen LogP contribution is -2.12. The van der Waals surface area contributed by atoms with Crippen LogP contribution in [0.15, 0.2) is 36.4 Å². The molecule has 0 saturated heterocycles. The van der Waals surface area contributed by atoms with Gasteiger partial charge >= 0.3 is 0 Å². The van der Waals surface area contributed by atoms with Crippen molar-refractivity contribution in [2.75, 3.05) is 5.32 Å². The number of amides is 1. The van der Waals surface area contributed by atoms with Gasteiger partial charge in [0.1, 0.15) is 0 Å². The Kier molecular flexibility index (Phi) is 5.20. The number of anilines is 1. The predicted molar refractivity (Wildman–Crippen MR) is 104 cm³/mol. The van der Waals surface area contributed by atoms with E-state index in [-0.39, 0.29) is 16.3 Å². The van der Waals surface area contributed by atoms with Gasteiger partial charge in [0.2, 0.25) is 0 Å². The number of thiazole rings is 1. The van der Waals surface area contributed by atoms with E-state index in [1.54, 1.807) is 0 Å². The van der Waals surface area contributed by atoms with Crippen LogP contribution >= 0.6 is 22.9 Å². The summed E-state index contributed by atoms with van der Waals surface area (Å²) in [5, 5.41) is 14.0. The van der Waals surface area contributed by atoms with E-state index >= 15 is 0 Å². The summed E-state index contributed by atoms with van der Waals surface area (Å²) in [6.45, 7) is 4.31. The smallest absolute Gasteiger partial charge is 0.270 e. The molecule has 0 bridgehead atoms. The van der Waals surface area contributed by atoms with Gasteiger partial charge in [-0.25, -0.2) is 4.98 Å². The van der Waals surface area contributed by atoms with Gasteiger partial charge in [-0.2, -0.15) is 0 Å². The number of rotatable bonds is 5. The van der Waals surface area contributed by atoms with Crippen molar-refractivity contribution >= 4 is 49.9 Å². The van der Waals surface area contributed by atoms with Crippen LogP contribution in [0, 0.1) is 10.1 Å². The van der Waals surface area contributed by atoms with E-state index in [9.17, 15) is 14.9 Å². The fourth-order valence-corrected chi connectivity index (χ4v) is 3.67. The molecule has 0 aliphatic carbocycles. The number of carbonyl (C=O) groups is 1. The van der Waals surface area contributed by atoms with E-state index in [2.05, 4.69) is 36.3 Å². The molecule has 8 heteroatoms. The van der Waals surface area contributed by atoms with Crippen LogP contribution in [-0.4, -0.2) is 15.8 Å². The van der Waals surface area contributed by atoms with Gasteiger partial charge in [-0.3, -0.25) is 20.2 Å². The third-order valence-electron chi connectivity index (χ3n) is 4.22. The standard InChI is InChI=1S/C18H16ClN3O3S/c1-3-10(2)11-4-7-15-16(8-11)26-18(20-15)21-17(23)13-6-5-12(22(24)25)9-14(13)19/h4-10H,3H2,1-2H3,(H,20,21,23). The van der Waals surface area contributed by atoms with Gasteiger partial charge < -0.3 is 0 Å². The van der Waals surface area contributed by atoms with E-state index in [0.717, 1.165) is 22.7 Å². The molecule has 26 heavy (non-hydrogen) atoms. The van der Waals surface area contributed by atoms with Crippen molar-refractivity contribution in [3.8, 4) is 0 Å². The van der Waals surface area contributed by atoms with Gasteiger partial charge in [-0.15, -0.1) is 0 Å². The summed E-state index contributed by atoms with van der Waals surface area (Å²) in [6.07, 6.45) is 1.05. The zero-order valence-corrected chi connectivity index (χ0v) is 15.7. The number of hydrogen-bond acceptors (Lipinski definition) is 5. The number of hydrogen-bond donors (Lipinski definition) is 1. The van der Waals surface area contributed by atoms with Gasteiger partial charge in [0.15, 0.2) is 5.13 Å². The highest BCUT2D eigenvalue weighted by atomic mass is 35.5.